The number of hydrogen-bond donors (Lipinski definition) is 3. The van der Waals surface area contributed by atoms with Gasteiger partial charge in [-0.3, -0.25) is 0 Å². The number of fused-ring (bicyclic) bond motifs is 3. The molecule has 7 heteroatoms. The van der Waals surface area contributed by atoms with Crippen LogP contribution < -0.4 is 16.0 Å². The van der Waals surface area contributed by atoms with Gasteiger partial charge in [0.1, 0.15) is 0 Å². The lowest BCUT2D eigenvalue weighted by atomic mass is 9.71. The summed E-state index contributed by atoms with van der Waals surface area (Å²) in [5, 5.41) is 10.4. The van der Waals surface area contributed by atoms with Gasteiger partial charge in [-0.1, -0.05) is 36.9 Å². The van der Waals surface area contributed by atoms with Crippen LogP contribution in [0.5, 0.6) is 0 Å². The molecule has 1 saturated carbocycles. The van der Waals surface area contributed by atoms with E-state index < -0.39 is 0 Å². The number of carbonyl (C=O) groups excluding carboxylic acids is 1. The molecule has 2 fully saturated rings. The Labute approximate surface area is 207 Å². The maximum Gasteiger partial charge on any atom is 0.323 e. The normalized spacial score (nSPS) is 24.5. The Morgan fingerprint density at radius 2 is 1.88 bits per heavy atom. The van der Waals surface area contributed by atoms with Gasteiger partial charge >= 0.3 is 6.03 Å². The fourth-order valence-electron chi connectivity index (χ4n) is 5.77. The third kappa shape index (κ3) is 5.11. The lowest BCUT2D eigenvalue weighted by molar-refractivity contribution is -0.0457. The summed E-state index contributed by atoms with van der Waals surface area (Å²) in [6.45, 7) is 2.70. The quantitative estimate of drug-likeness (QED) is 0.416. The lowest BCUT2D eigenvalue weighted by Crippen LogP contribution is -2.46. The van der Waals surface area contributed by atoms with Crippen molar-refractivity contribution in [2.24, 2.45) is 11.8 Å². The van der Waals surface area contributed by atoms with E-state index in [1.54, 1.807) is 0 Å². The summed E-state index contributed by atoms with van der Waals surface area (Å²) in [5.74, 6) is 1.23. The van der Waals surface area contributed by atoms with Gasteiger partial charge < -0.3 is 20.7 Å². The summed E-state index contributed by atoms with van der Waals surface area (Å²) in [6, 6.07) is 11.9. The molecule has 3 aliphatic rings. The van der Waals surface area contributed by atoms with Gasteiger partial charge in [-0.2, -0.15) is 0 Å². The Morgan fingerprint density at radius 3 is 2.70 bits per heavy atom. The predicted octanol–water partition coefficient (Wildman–Crippen LogP) is 7.56. The molecule has 0 bridgehead atoms. The van der Waals surface area contributed by atoms with Gasteiger partial charge in [0.05, 0.1) is 6.10 Å². The predicted molar refractivity (Wildman–Crippen MR) is 138 cm³/mol. The van der Waals surface area contributed by atoms with Crippen LogP contribution in [0.2, 0.25) is 5.02 Å². The largest absolute Gasteiger partial charge is 0.381 e. The zero-order valence-electron chi connectivity index (χ0n) is 19.0. The number of carbonyl (C=O) groups is 1. The van der Waals surface area contributed by atoms with Gasteiger partial charge in [0.15, 0.2) is 0 Å². The van der Waals surface area contributed by atoms with Gasteiger partial charge in [0.25, 0.3) is 0 Å². The number of hydrogen-bond acceptors (Lipinski definition) is 3. The van der Waals surface area contributed by atoms with Crippen LogP contribution in [0.4, 0.5) is 21.9 Å². The van der Waals surface area contributed by atoms with E-state index >= 15 is 0 Å². The van der Waals surface area contributed by atoms with Gasteiger partial charge in [0.2, 0.25) is 0 Å². The Balaban J connectivity index is 0.00000259. The second kappa shape index (κ2) is 10.5. The zero-order chi connectivity index (χ0) is 22.1. The van der Waals surface area contributed by atoms with Crippen molar-refractivity contribution in [2.45, 2.75) is 64.0 Å². The second-order valence-electron chi connectivity index (χ2n) is 9.46. The first-order valence-corrected chi connectivity index (χ1v) is 12.3. The van der Waals surface area contributed by atoms with Crippen molar-refractivity contribution in [1.29, 1.82) is 0 Å². The maximum absolute atomic E-state index is 12.6. The average Bonchev–Trinajstić information content (AvgIpc) is 2.82. The summed E-state index contributed by atoms with van der Waals surface area (Å²) >= 11 is 6.18. The first-order chi connectivity index (χ1) is 15.6. The Kier molecular flexibility index (Phi) is 7.72. The molecule has 2 aromatic carbocycles. The highest BCUT2D eigenvalue weighted by molar-refractivity contribution is 6.31. The average molecular weight is 490 g/mol. The molecule has 2 heterocycles. The van der Waals surface area contributed by atoms with Crippen LogP contribution in [-0.2, 0) is 4.74 Å². The third-order valence-electron chi connectivity index (χ3n) is 7.44. The lowest BCUT2D eigenvalue weighted by Gasteiger charge is -2.47. The number of benzene rings is 2. The standard InChI is InChI=1S/C26H32ClN3O2.ClH/c1-16-21(27)10-5-11-22(16)30-26(31)28-18-12-13-23-20(15-18)25-19(9-6-14-32-25)24(29-23)17-7-3-2-4-8-17;/h5,10-13,15,17,19,24-25,29H,2-4,6-9,14H2,1H3,(H2,28,30,31);1H/t19-,24-,25-;/m0./s1. The second-order valence-corrected chi connectivity index (χ2v) is 9.87. The molecule has 178 valence electrons. The monoisotopic (exact) mass is 489 g/mol. The first-order valence-electron chi connectivity index (χ1n) is 12.0. The highest BCUT2D eigenvalue weighted by Crippen LogP contribution is 2.48. The van der Waals surface area contributed by atoms with Crippen molar-refractivity contribution in [1.82, 2.24) is 0 Å². The Bertz CT molecular complexity index is 993. The van der Waals surface area contributed by atoms with Crippen LogP contribution in [-0.4, -0.2) is 18.7 Å². The fraction of sp³-hybridized carbons (Fsp3) is 0.500. The minimum Gasteiger partial charge on any atom is -0.381 e. The Hall–Kier alpha value is -1.95. The molecule has 2 aromatic rings. The topological polar surface area (TPSA) is 62.4 Å². The molecule has 33 heavy (non-hydrogen) atoms. The van der Waals surface area contributed by atoms with Crippen LogP contribution in [0.25, 0.3) is 0 Å². The summed E-state index contributed by atoms with van der Waals surface area (Å²) in [6.07, 6.45) is 9.13. The summed E-state index contributed by atoms with van der Waals surface area (Å²) in [7, 11) is 0. The molecule has 2 amide bonds. The minimum atomic E-state index is -0.278. The number of amides is 2. The highest BCUT2D eigenvalue weighted by Gasteiger charge is 2.42. The fourth-order valence-corrected chi connectivity index (χ4v) is 5.95. The zero-order valence-corrected chi connectivity index (χ0v) is 20.6. The van der Waals surface area contributed by atoms with E-state index in [1.807, 2.05) is 31.2 Å². The third-order valence-corrected chi connectivity index (χ3v) is 7.85. The van der Waals surface area contributed by atoms with Crippen molar-refractivity contribution >= 4 is 47.1 Å². The molecule has 0 unspecified atom stereocenters. The maximum atomic E-state index is 12.6. The number of nitrogens with one attached hydrogen (secondary N) is 3. The van der Waals surface area contributed by atoms with E-state index in [4.69, 9.17) is 16.3 Å². The van der Waals surface area contributed by atoms with E-state index in [-0.39, 0.29) is 24.5 Å². The van der Waals surface area contributed by atoms with Crippen LogP contribution in [0.15, 0.2) is 36.4 Å². The SMILES string of the molecule is Cc1c(Cl)cccc1NC(=O)Nc1ccc2c(c1)[C@H]1OCCC[C@H]1[C@H](C1CCCCC1)N2.Cl. The van der Waals surface area contributed by atoms with Crippen molar-refractivity contribution in [3.8, 4) is 0 Å². The number of halogens is 2. The summed E-state index contributed by atoms with van der Waals surface area (Å²) in [4.78, 5) is 12.6. The number of rotatable bonds is 3. The Morgan fingerprint density at radius 1 is 1.06 bits per heavy atom. The van der Waals surface area contributed by atoms with Gasteiger partial charge in [0, 0.05) is 46.2 Å². The molecule has 0 radical (unpaired) electrons. The number of urea groups is 1. The van der Waals surface area contributed by atoms with Crippen LogP contribution in [0.3, 0.4) is 0 Å². The molecule has 0 aromatic heterocycles. The minimum absolute atomic E-state index is 0. The molecule has 2 aliphatic heterocycles. The van der Waals surface area contributed by atoms with Crippen molar-refractivity contribution in [3.63, 3.8) is 0 Å². The molecule has 3 N–H and O–H groups in total. The van der Waals surface area contributed by atoms with E-state index in [1.165, 1.54) is 44.1 Å². The van der Waals surface area contributed by atoms with Crippen molar-refractivity contribution in [3.05, 3.63) is 52.5 Å². The molecular formula is C26H33Cl2N3O2. The van der Waals surface area contributed by atoms with Crippen LogP contribution in [0, 0.1) is 18.8 Å². The van der Waals surface area contributed by atoms with E-state index in [0.29, 0.717) is 22.7 Å². The molecule has 1 aliphatic carbocycles. The highest BCUT2D eigenvalue weighted by atomic mass is 35.5. The van der Waals surface area contributed by atoms with Crippen molar-refractivity contribution < 1.29 is 9.53 Å². The van der Waals surface area contributed by atoms with E-state index in [0.717, 1.165) is 35.9 Å². The molecule has 5 rings (SSSR count). The van der Waals surface area contributed by atoms with Crippen LogP contribution >= 0.6 is 24.0 Å². The smallest absolute Gasteiger partial charge is 0.323 e. The molecule has 0 spiro atoms. The number of ether oxygens (including phenoxy) is 1. The summed E-state index contributed by atoms with van der Waals surface area (Å²) < 4.78 is 6.33. The van der Waals surface area contributed by atoms with E-state index in [9.17, 15) is 4.79 Å². The first kappa shape index (κ1) is 24.2. The van der Waals surface area contributed by atoms with Gasteiger partial charge in [-0.15, -0.1) is 12.4 Å². The van der Waals surface area contributed by atoms with Crippen LogP contribution in [0.1, 0.15) is 62.2 Å². The van der Waals surface area contributed by atoms with E-state index in [2.05, 4.69) is 28.1 Å². The molecule has 3 atom stereocenters. The van der Waals surface area contributed by atoms with Crippen molar-refractivity contribution in [2.75, 3.05) is 22.6 Å². The molecular weight excluding hydrogens is 457 g/mol. The molecule has 1 saturated heterocycles. The molecule has 5 nitrogen and oxygen atoms in total. The number of anilines is 3. The van der Waals surface area contributed by atoms with Gasteiger partial charge in [-0.25, -0.2) is 4.79 Å². The summed E-state index contributed by atoms with van der Waals surface area (Å²) in [5.41, 5.74) is 4.65. The van der Waals surface area contributed by atoms with Gasteiger partial charge in [-0.05, 0) is 74.4 Å².